The minimum Gasteiger partial charge on any atom is -0.366 e. The van der Waals surface area contributed by atoms with Gasteiger partial charge in [-0.2, -0.15) is 5.10 Å². The van der Waals surface area contributed by atoms with Crippen LogP contribution >= 0.6 is 0 Å². The Kier molecular flexibility index (Phi) is 4.25. The van der Waals surface area contributed by atoms with Crippen LogP contribution in [0.1, 0.15) is 28.7 Å². The third kappa shape index (κ3) is 3.15. The molecule has 0 saturated heterocycles. The molecule has 0 saturated carbocycles. The number of rotatable bonds is 0. The van der Waals surface area contributed by atoms with Crippen molar-refractivity contribution in [3.8, 4) is 11.1 Å². The Balaban J connectivity index is 0.000000190. The van der Waals surface area contributed by atoms with Crippen molar-refractivity contribution in [3.05, 3.63) is 77.1 Å². The van der Waals surface area contributed by atoms with Crippen molar-refractivity contribution in [3.63, 3.8) is 0 Å². The number of allylic oxidation sites excluding steroid dienone is 1. The topological polar surface area (TPSA) is 64.7 Å². The van der Waals surface area contributed by atoms with Crippen molar-refractivity contribution in [2.45, 2.75) is 25.7 Å². The zero-order valence-electron chi connectivity index (χ0n) is 14.0. The summed E-state index contributed by atoms with van der Waals surface area (Å²) < 4.78 is 0. The largest absolute Gasteiger partial charge is 0.366 e. The van der Waals surface area contributed by atoms with E-state index in [1.807, 2.05) is 0 Å². The highest BCUT2D eigenvalue weighted by Gasteiger charge is 2.19. The first-order valence-electron chi connectivity index (χ1n) is 8.61. The number of anilines is 1. The van der Waals surface area contributed by atoms with Crippen LogP contribution in [0, 0.1) is 0 Å². The lowest BCUT2D eigenvalue weighted by Gasteiger charge is -2.24. The van der Waals surface area contributed by atoms with Gasteiger partial charge in [0.1, 0.15) is 0 Å². The molecule has 4 nitrogen and oxygen atoms in total. The summed E-state index contributed by atoms with van der Waals surface area (Å²) >= 11 is 0. The summed E-state index contributed by atoms with van der Waals surface area (Å²) in [7, 11) is 0. The second-order valence-electron chi connectivity index (χ2n) is 6.26. The third-order valence-corrected chi connectivity index (χ3v) is 4.76. The highest BCUT2D eigenvalue weighted by atomic mass is 15.2. The molecule has 0 radical (unpaired) electrons. The molecule has 2 aliphatic rings. The van der Waals surface area contributed by atoms with Crippen molar-refractivity contribution in [2.24, 2.45) is 0 Å². The van der Waals surface area contributed by atoms with Gasteiger partial charge in [-0.3, -0.25) is 0 Å². The molecule has 2 aromatic carbocycles. The van der Waals surface area contributed by atoms with E-state index in [1.54, 1.807) is 5.56 Å². The molecule has 0 bridgehead atoms. The maximum absolute atomic E-state index is 5.07. The van der Waals surface area contributed by atoms with Crippen LogP contribution < -0.4 is 5.73 Å². The van der Waals surface area contributed by atoms with Crippen molar-refractivity contribution in [1.29, 1.82) is 0 Å². The minimum absolute atomic E-state index is 0.211. The maximum atomic E-state index is 5.07. The fourth-order valence-electron chi connectivity index (χ4n) is 3.62. The number of nitrogen functional groups attached to an aromatic ring is 1. The minimum atomic E-state index is 0.211. The van der Waals surface area contributed by atoms with Crippen LogP contribution in [0.15, 0.2) is 54.9 Å². The molecule has 0 aliphatic heterocycles. The van der Waals surface area contributed by atoms with Crippen LogP contribution in [0.3, 0.4) is 0 Å². The Bertz CT molecular complexity index is 916. The van der Waals surface area contributed by atoms with E-state index in [-0.39, 0.29) is 5.95 Å². The van der Waals surface area contributed by atoms with Crippen LogP contribution in [0.4, 0.5) is 5.95 Å². The summed E-state index contributed by atoms with van der Waals surface area (Å²) in [6.07, 6.45) is 12.4. The maximum Gasteiger partial charge on any atom is 0.240 e. The Morgan fingerprint density at radius 3 is 2.56 bits per heavy atom. The van der Waals surface area contributed by atoms with Gasteiger partial charge in [-0.1, -0.05) is 48.6 Å². The van der Waals surface area contributed by atoms with Crippen molar-refractivity contribution < 1.29 is 0 Å². The predicted molar refractivity (Wildman–Crippen MR) is 101 cm³/mol. The van der Waals surface area contributed by atoms with E-state index < -0.39 is 0 Å². The molecule has 0 amide bonds. The van der Waals surface area contributed by atoms with Crippen molar-refractivity contribution >= 4 is 12.0 Å². The van der Waals surface area contributed by atoms with Gasteiger partial charge < -0.3 is 5.73 Å². The number of aromatic nitrogens is 3. The molecule has 3 aromatic rings. The van der Waals surface area contributed by atoms with E-state index in [4.69, 9.17) is 5.73 Å². The summed E-state index contributed by atoms with van der Waals surface area (Å²) in [5, 5.41) is 6.84. The van der Waals surface area contributed by atoms with E-state index in [0.717, 1.165) is 0 Å². The zero-order valence-corrected chi connectivity index (χ0v) is 14.0. The number of nitrogens with zero attached hydrogens (tertiary/aromatic N) is 3. The first-order valence-corrected chi connectivity index (χ1v) is 8.61. The number of hydrogen-bond donors (Lipinski definition) is 1. The highest BCUT2D eigenvalue weighted by molar-refractivity contribution is 5.78. The molecule has 1 heterocycles. The second-order valence-corrected chi connectivity index (χ2v) is 6.26. The van der Waals surface area contributed by atoms with E-state index in [1.165, 1.54) is 65.9 Å². The summed E-state index contributed by atoms with van der Waals surface area (Å²) in [6.45, 7) is 0. The quantitative estimate of drug-likeness (QED) is 0.680. The monoisotopic (exact) mass is 328 g/mol. The van der Waals surface area contributed by atoms with Gasteiger partial charge in [-0.25, -0.2) is 4.98 Å². The predicted octanol–water partition coefficient (Wildman–Crippen LogP) is 3.87. The van der Waals surface area contributed by atoms with E-state index >= 15 is 0 Å². The fraction of sp³-hybridized carbons (Fsp3) is 0.190. The molecule has 0 unspecified atom stereocenters. The normalized spacial score (nSPS) is 13.8. The Morgan fingerprint density at radius 1 is 0.840 bits per heavy atom. The summed E-state index contributed by atoms with van der Waals surface area (Å²) in [4.78, 5) is 3.58. The van der Waals surface area contributed by atoms with Gasteiger partial charge in [0, 0.05) is 0 Å². The van der Waals surface area contributed by atoms with Gasteiger partial charge in [0.05, 0.1) is 12.4 Å². The standard InChI is InChI=1S/C18H16.C3H4N4/c1-3-7-15-13(5-1)9-11-18-16-8-4-2-6-14(16)10-12-17(15)18;4-3-5-1-2-6-7-3/h1,3-5,7-8,10,12H,2,6,9,11H2;1-2H,(H2,4,5,7). The van der Waals surface area contributed by atoms with Gasteiger partial charge in [0.2, 0.25) is 5.95 Å². The average molecular weight is 328 g/mol. The number of fused-ring (bicyclic) bond motifs is 5. The number of aryl methyl sites for hydroxylation is 2. The lowest BCUT2D eigenvalue weighted by molar-refractivity contribution is 0.915. The summed E-state index contributed by atoms with van der Waals surface area (Å²) in [5.41, 5.74) is 14.1. The van der Waals surface area contributed by atoms with Gasteiger partial charge in [-0.05, 0) is 59.1 Å². The van der Waals surface area contributed by atoms with E-state index in [9.17, 15) is 0 Å². The third-order valence-electron chi connectivity index (χ3n) is 4.76. The molecule has 4 heteroatoms. The van der Waals surface area contributed by atoms with Gasteiger partial charge in [0.15, 0.2) is 0 Å². The van der Waals surface area contributed by atoms with E-state index in [2.05, 4.69) is 63.7 Å². The van der Waals surface area contributed by atoms with Gasteiger partial charge in [-0.15, -0.1) is 5.10 Å². The number of benzene rings is 2. The van der Waals surface area contributed by atoms with Crippen LogP contribution in [-0.2, 0) is 19.3 Å². The zero-order chi connectivity index (χ0) is 17.1. The highest BCUT2D eigenvalue weighted by Crippen LogP contribution is 2.38. The van der Waals surface area contributed by atoms with Crippen LogP contribution in [0.2, 0.25) is 0 Å². The smallest absolute Gasteiger partial charge is 0.240 e. The summed E-state index contributed by atoms with van der Waals surface area (Å²) in [5.74, 6) is 0.211. The molecular weight excluding hydrogens is 308 g/mol. The molecule has 0 spiro atoms. The molecule has 25 heavy (non-hydrogen) atoms. The fourth-order valence-corrected chi connectivity index (χ4v) is 3.62. The molecule has 124 valence electrons. The average Bonchev–Trinajstić information content (AvgIpc) is 2.68. The molecule has 0 atom stereocenters. The molecule has 2 N–H and O–H groups in total. The SMILES string of the molecule is C1=Cc2c(ccc3c2CCc2ccccc2-3)CC1.Nc1nccnn1. The number of nitrogens with two attached hydrogens (primary N) is 1. The summed E-state index contributed by atoms with van der Waals surface area (Å²) in [6, 6.07) is 13.5. The Hall–Kier alpha value is -3.01. The van der Waals surface area contributed by atoms with Crippen LogP contribution in [-0.4, -0.2) is 15.2 Å². The molecule has 1 aromatic heterocycles. The van der Waals surface area contributed by atoms with Crippen LogP contribution in [0.5, 0.6) is 0 Å². The van der Waals surface area contributed by atoms with Crippen molar-refractivity contribution in [1.82, 2.24) is 15.2 Å². The first-order chi connectivity index (χ1) is 12.3. The van der Waals surface area contributed by atoms with Gasteiger partial charge >= 0.3 is 0 Å². The van der Waals surface area contributed by atoms with E-state index in [0.29, 0.717) is 0 Å². The lowest BCUT2D eigenvalue weighted by Crippen LogP contribution is -2.08. The Morgan fingerprint density at radius 2 is 1.76 bits per heavy atom. The molecular formula is C21H20N4. The van der Waals surface area contributed by atoms with Gasteiger partial charge in [0.25, 0.3) is 0 Å². The molecule has 5 rings (SSSR count). The molecule has 0 fully saturated rings. The Labute approximate surface area is 147 Å². The first kappa shape index (κ1) is 15.5. The lowest BCUT2D eigenvalue weighted by atomic mass is 9.80. The molecule has 2 aliphatic carbocycles. The second kappa shape index (κ2) is 6.85. The van der Waals surface area contributed by atoms with Crippen LogP contribution in [0.25, 0.3) is 17.2 Å². The van der Waals surface area contributed by atoms with Crippen molar-refractivity contribution in [2.75, 3.05) is 5.73 Å². The number of hydrogen-bond acceptors (Lipinski definition) is 4.